The van der Waals surface area contributed by atoms with Gasteiger partial charge in [-0.1, -0.05) is 29.3 Å². The van der Waals surface area contributed by atoms with Crippen LogP contribution in [0.2, 0.25) is 0 Å². The van der Waals surface area contributed by atoms with Crippen molar-refractivity contribution >= 4 is 44.0 Å². The highest BCUT2D eigenvalue weighted by Gasteiger charge is 2.29. The molecule has 2 N–H and O–H groups in total. The predicted octanol–water partition coefficient (Wildman–Crippen LogP) is 4.18. The number of nitrogens with zero attached hydrogens (tertiary/aromatic N) is 4. The molecule has 0 saturated carbocycles. The molecule has 1 atom stereocenters. The van der Waals surface area contributed by atoms with Crippen molar-refractivity contribution in [3.63, 3.8) is 0 Å². The lowest BCUT2D eigenvalue weighted by Crippen LogP contribution is -2.45. The number of alkyl halides is 4. The first-order valence-corrected chi connectivity index (χ1v) is 9.74. The van der Waals surface area contributed by atoms with Gasteiger partial charge in [0, 0.05) is 18.1 Å². The normalized spacial score (nSPS) is 13.2. The SMILES string of the molecule is CCCCN(C[C@H](Br)n1cnc2cnc3[nH]ccc3c21)C(=O)NCC(F)(F)F. The average molecular weight is 461 g/mol. The van der Waals surface area contributed by atoms with Crippen LogP contribution in [0, 0.1) is 0 Å². The second-order valence-corrected chi connectivity index (χ2v) is 7.45. The van der Waals surface area contributed by atoms with E-state index >= 15 is 0 Å². The largest absolute Gasteiger partial charge is 0.405 e. The maximum absolute atomic E-state index is 12.4. The molecular weight excluding hydrogens is 441 g/mol. The number of hydrogen-bond donors (Lipinski definition) is 2. The summed E-state index contributed by atoms with van der Waals surface area (Å²) in [5.41, 5.74) is 2.23. The number of nitrogens with one attached hydrogen (secondary N) is 2. The van der Waals surface area contributed by atoms with E-state index in [1.54, 1.807) is 18.7 Å². The third-order valence-electron chi connectivity index (χ3n) is 4.30. The van der Waals surface area contributed by atoms with Crippen LogP contribution < -0.4 is 5.32 Å². The van der Waals surface area contributed by atoms with Crippen LogP contribution >= 0.6 is 15.9 Å². The molecule has 3 aromatic rings. The predicted molar refractivity (Wildman–Crippen MR) is 103 cm³/mol. The van der Waals surface area contributed by atoms with E-state index in [4.69, 9.17) is 0 Å². The van der Waals surface area contributed by atoms with E-state index < -0.39 is 18.8 Å². The van der Waals surface area contributed by atoms with Crippen molar-refractivity contribution < 1.29 is 18.0 Å². The van der Waals surface area contributed by atoms with Crippen LogP contribution in [-0.2, 0) is 0 Å². The lowest BCUT2D eigenvalue weighted by Gasteiger charge is -2.26. The van der Waals surface area contributed by atoms with Gasteiger partial charge in [-0.15, -0.1) is 0 Å². The third kappa shape index (κ3) is 4.57. The Hall–Kier alpha value is -2.30. The zero-order valence-electron chi connectivity index (χ0n) is 15.1. The van der Waals surface area contributed by atoms with Gasteiger partial charge in [0.05, 0.1) is 24.6 Å². The highest BCUT2D eigenvalue weighted by Crippen LogP contribution is 2.28. The average Bonchev–Trinajstić information content (AvgIpc) is 3.27. The molecule has 0 spiro atoms. The summed E-state index contributed by atoms with van der Waals surface area (Å²) in [6, 6.07) is 1.14. The smallest absolute Gasteiger partial charge is 0.346 e. The van der Waals surface area contributed by atoms with Crippen LogP contribution in [0.4, 0.5) is 18.0 Å². The number of hydrogen-bond acceptors (Lipinski definition) is 3. The van der Waals surface area contributed by atoms with Crippen molar-refractivity contribution in [1.29, 1.82) is 0 Å². The molecule has 2 amide bonds. The minimum absolute atomic E-state index is 0.184. The lowest BCUT2D eigenvalue weighted by atomic mass is 10.3. The van der Waals surface area contributed by atoms with E-state index in [2.05, 4.69) is 30.9 Å². The van der Waals surface area contributed by atoms with Crippen molar-refractivity contribution in [3.8, 4) is 0 Å². The number of carbonyl (C=O) groups is 1. The molecule has 3 rings (SSSR count). The van der Waals surface area contributed by atoms with Gasteiger partial charge in [0.15, 0.2) is 0 Å². The lowest BCUT2D eigenvalue weighted by molar-refractivity contribution is -0.123. The molecule has 0 aromatic carbocycles. The Kier molecular flexibility index (Phi) is 6.11. The molecule has 11 heteroatoms. The molecule has 7 nitrogen and oxygen atoms in total. The van der Waals surface area contributed by atoms with Gasteiger partial charge in [-0.25, -0.2) is 14.8 Å². The Morgan fingerprint density at radius 3 is 2.93 bits per heavy atom. The van der Waals surface area contributed by atoms with Crippen LogP contribution in [0.15, 0.2) is 24.8 Å². The van der Waals surface area contributed by atoms with Gasteiger partial charge in [0.25, 0.3) is 0 Å². The molecule has 3 heterocycles. The monoisotopic (exact) mass is 460 g/mol. The van der Waals surface area contributed by atoms with Crippen molar-refractivity contribution in [2.45, 2.75) is 30.9 Å². The Morgan fingerprint density at radius 2 is 2.21 bits per heavy atom. The zero-order valence-corrected chi connectivity index (χ0v) is 16.7. The van der Waals surface area contributed by atoms with Crippen molar-refractivity contribution in [1.82, 2.24) is 29.7 Å². The zero-order chi connectivity index (χ0) is 20.3. The summed E-state index contributed by atoms with van der Waals surface area (Å²) in [5, 5.41) is 2.82. The number of aromatic nitrogens is 4. The number of unbranched alkanes of at least 4 members (excludes halogenated alkanes) is 1. The maximum Gasteiger partial charge on any atom is 0.405 e. The summed E-state index contributed by atoms with van der Waals surface area (Å²) in [4.78, 5) is 25.0. The van der Waals surface area contributed by atoms with E-state index in [0.717, 1.165) is 17.3 Å². The Morgan fingerprint density at radius 1 is 1.43 bits per heavy atom. The molecule has 0 bridgehead atoms. The van der Waals surface area contributed by atoms with E-state index in [-0.39, 0.29) is 11.5 Å². The summed E-state index contributed by atoms with van der Waals surface area (Å²) in [5.74, 6) is 0. The first-order valence-electron chi connectivity index (χ1n) is 8.82. The number of rotatable bonds is 7. The van der Waals surface area contributed by atoms with Crippen LogP contribution in [0.1, 0.15) is 24.7 Å². The number of urea groups is 1. The molecule has 0 aliphatic heterocycles. The standard InChI is InChI=1S/C17H20BrF3N6O/c1-2-3-6-26(16(28)24-9-17(19,20)21)8-13(18)27-10-25-12-7-23-15-11(14(12)27)4-5-22-15/h4-5,7,10,13H,2-3,6,8-9H2,1H3,(H,22,23)(H,24,28)/t13-/m1/s1. The van der Waals surface area contributed by atoms with Gasteiger partial charge < -0.3 is 19.8 Å². The number of amides is 2. The van der Waals surface area contributed by atoms with Gasteiger partial charge in [0.1, 0.15) is 22.7 Å². The third-order valence-corrected chi connectivity index (χ3v) is 5.03. The number of H-pyrrole nitrogens is 1. The summed E-state index contributed by atoms with van der Waals surface area (Å²) in [7, 11) is 0. The second-order valence-electron chi connectivity index (χ2n) is 6.39. The number of imidazole rings is 1. The molecular formula is C17H20BrF3N6O. The molecule has 0 aliphatic rings. The molecule has 0 radical (unpaired) electrons. The molecule has 0 fully saturated rings. The van der Waals surface area contributed by atoms with Gasteiger partial charge >= 0.3 is 12.2 Å². The van der Waals surface area contributed by atoms with Crippen LogP contribution in [0.25, 0.3) is 22.1 Å². The van der Waals surface area contributed by atoms with Gasteiger partial charge in [-0.05, 0) is 12.5 Å². The fourth-order valence-electron chi connectivity index (χ4n) is 2.93. The second kappa shape index (κ2) is 8.38. The summed E-state index contributed by atoms with van der Waals surface area (Å²) < 4.78 is 39.2. The highest BCUT2D eigenvalue weighted by atomic mass is 79.9. The Labute approximate surface area is 167 Å². The van der Waals surface area contributed by atoms with Crippen LogP contribution in [-0.4, -0.2) is 56.3 Å². The molecule has 0 saturated heterocycles. The summed E-state index contributed by atoms with van der Waals surface area (Å²) in [6.45, 7) is 1.14. The van der Waals surface area contributed by atoms with Crippen molar-refractivity contribution in [3.05, 3.63) is 24.8 Å². The number of halogens is 4. The number of aromatic amines is 1. The topological polar surface area (TPSA) is 78.8 Å². The van der Waals surface area contributed by atoms with E-state index in [0.29, 0.717) is 24.1 Å². The first-order chi connectivity index (χ1) is 13.3. The first kappa shape index (κ1) is 20.4. The number of pyridine rings is 1. The summed E-state index contributed by atoms with van der Waals surface area (Å²) in [6.07, 6.45) is 2.11. The van der Waals surface area contributed by atoms with Crippen LogP contribution in [0.3, 0.4) is 0 Å². The fourth-order valence-corrected chi connectivity index (χ4v) is 3.59. The fraction of sp³-hybridized carbons (Fsp3) is 0.471. The highest BCUT2D eigenvalue weighted by molar-refractivity contribution is 9.09. The van der Waals surface area contributed by atoms with Crippen molar-refractivity contribution in [2.75, 3.05) is 19.6 Å². The van der Waals surface area contributed by atoms with Gasteiger partial charge in [-0.2, -0.15) is 13.2 Å². The molecule has 3 aromatic heterocycles. The minimum atomic E-state index is -4.45. The number of fused-ring (bicyclic) bond motifs is 3. The van der Waals surface area contributed by atoms with Crippen molar-refractivity contribution in [2.24, 2.45) is 0 Å². The van der Waals surface area contributed by atoms with Gasteiger partial charge in [-0.3, -0.25) is 0 Å². The van der Waals surface area contributed by atoms with E-state index in [1.165, 1.54) is 4.90 Å². The minimum Gasteiger partial charge on any atom is -0.346 e. The summed E-state index contributed by atoms with van der Waals surface area (Å²) >= 11 is 3.56. The molecule has 152 valence electrons. The Balaban J connectivity index is 1.81. The van der Waals surface area contributed by atoms with Crippen LogP contribution in [0.5, 0.6) is 0 Å². The molecule has 0 unspecified atom stereocenters. The number of carbonyl (C=O) groups excluding carboxylic acids is 1. The molecule has 28 heavy (non-hydrogen) atoms. The van der Waals surface area contributed by atoms with E-state index in [9.17, 15) is 18.0 Å². The maximum atomic E-state index is 12.4. The Bertz CT molecular complexity index is 953. The molecule has 0 aliphatic carbocycles. The van der Waals surface area contributed by atoms with Gasteiger partial charge in [0.2, 0.25) is 0 Å². The quantitative estimate of drug-likeness (QED) is 0.519. The van der Waals surface area contributed by atoms with E-state index in [1.807, 2.05) is 22.9 Å².